The summed E-state index contributed by atoms with van der Waals surface area (Å²) in [5.41, 5.74) is 8.79. The molecular weight excluding hydrogens is 800 g/mol. The summed E-state index contributed by atoms with van der Waals surface area (Å²) in [6, 6.07) is 21.8. The lowest BCUT2D eigenvalue weighted by molar-refractivity contribution is -0.655. The number of halogens is 1. The van der Waals surface area contributed by atoms with Gasteiger partial charge in [0.2, 0.25) is 22.9 Å². The molecule has 6 unspecified atom stereocenters. The van der Waals surface area contributed by atoms with Crippen LogP contribution in [0, 0.1) is 28.6 Å². The van der Waals surface area contributed by atoms with Crippen LogP contribution in [-0.4, -0.2) is 58.6 Å². The number of aliphatic hydroxyl groups is 2. The highest BCUT2D eigenvalue weighted by Gasteiger charge is 2.68. The Morgan fingerprint density at radius 2 is 1.72 bits per heavy atom. The lowest BCUT2D eigenvalue weighted by atomic mass is 9.45. The van der Waals surface area contributed by atoms with Gasteiger partial charge < -0.3 is 31.3 Å². The molecule has 8 rings (SSSR count). The molecule has 4 aliphatic carbocycles. The van der Waals surface area contributed by atoms with Gasteiger partial charge >= 0.3 is 6.09 Å². The molecule has 12 heteroatoms. The van der Waals surface area contributed by atoms with Crippen LogP contribution in [0.2, 0.25) is 0 Å². The molecular formula is C46H54BrN4O7+. The van der Waals surface area contributed by atoms with Crippen LogP contribution in [-0.2, 0) is 25.7 Å². The predicted octanol–water partition coefficient (Wildman–Crippen LogP) is 6.99. The minimum Gasteiger partial charge on any atom is -0.441 e. The highest BCUT2D eigenvalue weighted by molar-refractivity contribution is 8.93. The molecule has 0 bridgehead atoms. The lowest BCUT2D eigenvalue weighted by Crippen LogP contribution is -2.62. The number of carbonyl (C=O) groups excluding carboxylic acids is 4. The number of carbonyl (C=O) groups is 4. The number of aliphatic hydroxyl groups excluding tert-OH is 1. The number of fused-ring (bicyclic) bond motifs is 8. The van der Waals surface area contributed by atoms with Crippen molar-refractivity contribution >= 4 is 73.6 Å². The van der Waals surface area contributed by atoms with E-state index in [1.54, 1.807) is 6.08 Å². The minimum atomic E-state index is -1.75. The molecule has 6 N–H and O–H groups in total. The van der Waals surface area contributed by atoms with E-state index in [9.17, 15) is 29.4 Å². The maximum absolute atomic E-state index is 13.7. The summed E-state index contributed by atoms with van der Waals surface area (Å²) in [6.07, 6.45) is 4.04. The van der Waals surface area contributed by atoms with E-state index in [1.807, 2.05) is 61.5 Å². The molecule has 3 aromatic carbocycles. The van der Waals surface area contributed by atoms with E-state index >= 15 is 0 Å². The first-order chi connectivity index (χ1) is 27.3. The van der Waals surface area contributed by atoms with Crippen LogP contribution in [0.25, 0.3) is 32.9 Å². The first kappa shape index (κ1) is 41.5. The number of hydrogen-bond donors (Lipinski definition) is 5. The normalized spacial score (nSPS) is 28.7. The zero-order valence-corrected chi connectivity index (χ0v) is 35.1. The number of anilines is 2. The Kier molecular flexibility index (Phi) is 11.3. The number of rotatable bonds is 9. The Morgan fingerprint density at radius 3 is 2.48 bits per heavy atom. The number of nitrogens with one attached hydrogen (secondary N) is 2. The number of nitrogen functional groups attached to an aromatic ring is 1. The number of aromatic nitrogens is 1. The number of allylic oxidation sites excluding steroid dienone is 1. The fourth-order valence-corrected chi connectivity index (χ4v) is 11.5. The highest BCUT2D eigenvalue weighted by atomic mass is 79.9. The maximum Gasteiger partial charge on any atom is 0.407 e. The van der Waals surface area contributed by atoms with Gasteiger partial charge in [0.1, 0.15) is 12.1 Å². The second-order valence-corrected chi connectivity index (χ2v) is 17.2. The molecule has 0 spiro atoms. The van der Waals surface area contributed by atoms with Crippen molar-refractivity contribution in [3.05, 3.63) is 78.4 Å². The van der Waals surface area contributed by atoms with Crippen LogP contribution in [0.5, 0.6) is 0 Å². The summed E-state index contributed by atoms with van der Waals surface area (Å²) in [6.45, 7) is 6.22. The molecule has 58 heavy (non-hydrogen) atoms. The van der Waals surface area contributed by atoms with Crippen molar-refractivity contribution in [2.45, 2.75) is 90.4 Å². The van der Waals surface area contributed by atoms with Gasteiger partial charge in [-0.25, -0.2) is 4.79 Å². The number of pyridine rings is 1. The van der Waals surface area contributed by atoms with E-state index in [0.717, 1.165) is 51.3 Å². The van der Waals surface area contributed by atoms with Crippen molar-refractivity contribution in [3.63, 3.8) is 0 Å². The number of ether oxygens (including phenoxy) is 1. The zero-order chi connectivity index (χ0) is 40.3. The van der Waals surface area contributed by atoms with E-state index in [0.29, 0.717) is 37.2 Å². The average molecular weight is 855 g/mol. The monoisotopic (exact) mass is 853 g/mol. The SMILES string of the molecule is Br.CC[n+]1c(-c2ccccc2)c2cc(NC(=O)CCNC(=O)OCC(=O)[C@@]3(O)CCC4C5CCC6=CC(=O)CCC6(C)C5C(O)CC43C)ccc2c2ccc(N)cc21. The fourth-order valence-electron chi connectivity index (χ4n) is 11.5. The average Bonchev–Trinajstić information content (AvgIpc) is 3.46. The Morgan fingerprint density at radius 1 is 0.966 bits per heavy atom. The number of benzene rings is 3. The summed E-state index contributed by atoms with van der Waals surface area (Å²) in [5, 5.41) is 32.2. The zero-order valence-electron chi connectivity index (χ0n) is 33.4. The van der Waals surface area contributed by atoms with Gasteiger partial charge in [0, 0.05) is 53.2 Å². The largest absolute Gasteiger partial charge is 0.441 e. The van der Waals surface area contributed by atoms with Gasteiger partial charge in [-0.15, -0.1) is 17.0 Å². The van der Waals surface area contributed by atoms with Gasteiger partial charge in [0.05, 0.1) is 16.9 Å². The van der Waals surface area contributed by atoms with Crippen LogP contribution >= 0.6 is 17.0 Å². The molecule has 0 radical (unpaired) electrons. The van der Waals surface area contributed by atoms with E-state index in [2.05, 4.69) is 41.2 Å². The third-order valence-corrected chi connectivity index (χ3v) is 14.3. The van der Waals surface area contributed by atoms with E-state index in [4.69, 9.17) is 10.5 Å². The number of ketones is 2. The molecule has 3 fully saturated rings. The number of nitrogens with zero attached hydrogens (tertiary/aromatic N) is 1. The molecule has 2 amide bonds. The molecule has 11 nitrogen and oxygen atoms in total. The van der Waals surface area contributed by atoms with Gasteiger partial charge in [-0.1, -0.05) is 43.7 Å². The second kappa shape index (κ2) is 15.8. The Balaban J connectivity index is 0.00000512. The highest BCUT2D eigenvalue weighted by Crippen LogP contribution is 2.67. The number of hydrogen-bond acceptors (Lipinski definition) is 8. The van der Waals surface area contributed by atoms with E-state index in [1.165, 1.54) is 0 Å². The number of aryl methyl sites for hydroxylation is 1. The third-order valence-electron chi connectivity index (χ3n) is 14.3. The van der Waals surface area contributed by atoms with Crippen LogP contribution in [0.15, 0.2) is 78.4 Å². The third kappa shape index (κ3) is 6.90. The Labute approximate surface area is 349 Å². The van der Waals surface area contributed by atoms with E-state index < -0.39 is 35.6 Å². The number of alkyl carbamates (subject to hydrolysis) is 1. The van der Waals surface area contributed by atoms with Crippen LogP contribution in [0.3, 0.4) is 0 Å². The van der Waals surface area contributed by atoms with Crippen molar-refractivity contribution in [2.75, 3.05) is 24.2 Å². The summed E-state index contributed by atoms with van der Waals surface area (Å²) < 4.78 is 7.54. The van der Waals surface area contributed by atoms with Gasteiger partial charge in [0.25, 0.3) is 0 Å². The summed E-state index contributed by atoms with van der Waals surface area (Å²) in [4.78, 5) is 51.8. The molecule has 0 saturated heterocycles. The number of nitrogens with two attached hydrogens (primary N) is 1. The summed E-state index contributed by atoms with van der Waals surface area (Å²) in [7, 11) is 0. The minimum absolute atomic E-state index is 0. The van der Waals surface area contributed by atoms with Crippen LogP contribution in [0.4, 0.5) is 16.2 Å². The topological polar surface area (TPSA) is 172 Å². The van der Waals surface area contributed by atoms with Gasteiger partial charge in [-0.05, 0) is 111 Å². The molecule has 3 saturated carbocycles. The van der Waals surface area contributed by atoms with Crippen molar-refractivity contribution < 1.29 is 38.7 Å². The first-order valence-electron chi connectivity index (χ1n) is 20.4. The van der Waals surface area contributed by atoms with Crippen molar-refractivity contribution in [2.24, 2.45) is 28.6 Å². The summed E-state index contributed by atoms with van der Waals surface area (Å²) >= 11 is 0. The molecule has 7 atom stereocenters. The number of amides is 2. The molecule has 306 valence electrons. The van der Waals surface area contributed by atoms with Gasteiger partial charge in [-0.2, -0.15) is 4.57 Å². The van der Waals surface area contributed by atoms with Crippen LogP contribution in [0.1, 0.15) is 72.1 Å². The van der Waals surface area contributed by atoms with Crippen molar-refractivity contribution in [1.82, 2.24) is 5.32 Å². The lowest BCUT2D eigenvalue weighted by Gasteiger charge is -2.60. The second-order valence-electron chi connectivity index (χ2n) is 17.2. The van der Waals surface area contributed by atoms with Crippen LogP contribution < -0.4 is 20.9 Å². The molecule has 1 aromatic heterocycles. The van der Waals surface area contributed by atoms with Gasteiger partial charge in [0.15, 0.2) is 12.4 Å². The molecule has 0 aliphatic heterocycles. The fraction of sp³-hybridized carbons (Fsp3) is 0.457. The molecule has 4 aromatic rings. The summed E-state index contributed by atoms with van der Waals surface area (Å²) in [5.74, 6) is -0.656. The Hall–Kier alpha value is -4.65. The smallest absolute Gasteiger partial charge is 0.407 e. The van der Waals surface area contributed by atoms with Crippen molar-refractivity contribution in [3.8, 4) is 11.3 Å². The van der Waals surface area contributed by atoms with E-state index in [-0.39, 0.29) is 77.6 Å². The standard InChI is InChI=1S/C46H52N4O7.BrH/c1-4-50-37-23-29(47)11-14-33(37)32-15-12-30(24-35(32)42(50)27-8-6-5-7-9-27)49-40(54)18-21-48-43(55)57-26-39(53)46(56)20-17-36-34-13-10-28-22-31(51)16-19-44(28,2)41(34)38(52)25-45(36,46)3;/h5-9,11-12,14-15,22-24,34,36,38,41,47,52,56H,4,10,13,16-21,25-26H2,1-3H3,(H2,48,49,54,55);1H/p+1/t34?,36?,38?,41?,44?,45?,46-;/m0./s1. The van der Waals surface area contributed by atoms with Crippen molar-refractivity contribution in [1.29, 1.82) is 0 Å². The quantitative estimate of drug-likeness (QED) is 0.0682. The Bertz CT molecular complexity index is 2330. The molecule has 1 heterocycles. The molecule has 4 aliphatic rings. The predicted molar refractivity (Wildman–Crippen MR) is 228 cm³/mol. The first-order valence-corrected chi connectivity index (χ1v) is 20.4. The maximum atomic E-state index is 13.7. The van der Waals surface area contributed by atoms with Gasteiger partial charge in [-0.3, -0.25) is 14.4 Å². The number of Topliss-reactive ketones (excluding diaryl/α,β-unsaturated/α-hetero) is 1.